The number of aromatic nitrogens is 2. The number of methoxy groups -OCH3 is 1. The van der Waals surface area contributed by atoms with E-state index in [0.29, 0.717) is 30.4 Å². The van der Waals surface area contributed by atoms with Gasteiger partial charge in [0.15, 0.2) is 11.5 Å². The van der Waals surface area contributed by atoms with Gasteiger partial charge < -0.3 is 30.1 Å². The van der Waals surface area contributed by atoms with E-state index < -0.39 is 5.60 Å². The predicted molar refractivity (Wildman–Crippen MR) is 100 cm³/mol. The summed E-state index contributed by atoms with van der Waals surface area (Å²) in [6.45, 7) is 1.67. The molecule has 0 unspecified atom stereocenters. The number of likely N-dealkylation sites (tertiary alicyclic amines) is 1. The van der Waals surface area contributed by atoms with Gasteiger partial charge in [-0.25, -0.2) is 4.98 Å². The summed E-state index contributed by atoms with van der Waals surface area (Å²) in [6.07, 6.45) is 2.36. The summed E-state index contributed by atoms with van der Waals surface area (Å²) < 4.78 is 11.3. The Balaban J connectivity index is 1.73. The van der Waals surface area contributed by atoms with Gasteiger partial charge in [0, 0.05) is 38.1 Å². The van der Waals surface area contributed by atoms with Crippen LogP contribution >= 0.6 is 0 Å². The summed E-state index contributed by atoms with van der Waals surface area (Å²) in [5.74, 6) is 2.37. The maximum atomic E-state index is 10.6. The first-order valence-corrected chi connectivity index (χ1v) is 8.51. The molecule has 1 saturated heterocycles. The molecule has 1 aromatic carbocycles. The minimum atomic E-state index is -0.840. The molecular formula is C18H25N5O3. The Labute approximate surface area is 153 Å². The fourth-order valence-corrected chi connectivity index (χ4v) is 2.94. The number of benzene rings is 1. The fourth-order valence-electron chi connectivity index (χ4n) is 2.94. The van der Waals surface area contributed by atoms with Gasteiger partial charge in [-0.05, 0) is 31.7 Å². The number of anilines is 3. The minimum Gasteiger partial charge on any atom is -0.493 e. The van der Waals surface area contributed by atoms with E-state index in [9.17, 15) is 5.11 Å². The molecule has 2 aromatic rings. The van der Waals surface area contributed by atoms with Gasteiger partial charge in [-0.3, -0.25) is 0 Å². The molecule has 8 heteroatoms. The maximum Gasteiger partial charge on any atom is 0.229 e. The Bertz CT molecular complexity index is 757. The Hall–Kier alpha value is -2.58. The summed E-state index contributed by atoms with van der Waals surface area (Å²) in [7, 11) is 5.38. The van der Waals surface area contributed by atoms with E-state index >= 15 is 0 Å². The third kappa shape index (κ3) is 4.33. The van der Waals surface area contributed by atoms with Gasteiger partial charge in [-0.1, -0.05) is 0 Å². The third-order valence-corrected chi connectivity index (χ3v) is 4.35. The molecule has 3 N–H and O–H groups in total. The number of nitrogens with one attached hydrogen (secondary N) is 2. The van der Waals surface area contributed by atoms with E-state index in [1.807, 2.05) is 25.2 Å². The van der Waals surface area contributed by atoms with Crippen LogP contribution in [0.15, 0.2) is 30.5 Å². The summed E-state index contributed by atoms with van der Waals surface area (Å²) in [5.41, 5.74) is -0.0717. The molecule has 0 saturated carbocycles. The van der Waals surface area contributed by atoms with Crippen LogP contribution in [0.5, 0.6) is 11.5 Å². The highest BCUT2D eigenvalue weighted by Crippen LogP contribution is 2.32. The molecule has 26 heavy (non-hydrogen) atoms. The van der Waals surface area contributed by atoms with E-state index in [4.69, 9.17) is 9.47 Å². The Kier molecular flexibility index (Phi) is 5.43. The van der Waals surface area contributed by atoms with Crippen molar-refractivity contribution in [3.8, 4) is 11.5 Å². The third-order valence-electron chi connectivity index (χ3n) is 4.35. The van der Waals surface area contributed by atoms with Crippen molar-refractivity contribution in [3.05, 3.63) is 30.5 Å². The van der Waals surface area contributed by atoms with Crippen LogP contribution in [0.4, 0.5) is 17.5 Å². The van der Waals surface area contributed by atoms with Crippen LogP contribution < -0.4 is 20.1 Å². The lowest BCUT2D eigenvalue weighted by molar-refractivity contribution is 0.00509. The number of hydrogen-bond donors (Lipinski definition) is 3. The molecule has 2 heterocycles. The van der Waals surface area contributed by atoms with Crippen molar-refractivity contribution in [2.45, 2.75) is 12.0 Å². The zero-order valence-corrected chi connectivity index (χ0v) is 15.3. The van der Waals surface area contributed by atoms with E-state index in [0.717, 1.165) is 18.1 Å². The number of aliphatic hydroxyl groups is 1. The number of rotatable bonds is 7. The molecule has 0 amide bonds. The quantitative estimate of drug-likeness (QED) is 0.688. The molecular weight excluding hydrogens is 334 g/mol. The highest BCUT2D eigenvalue weighted by Gasteiger charge is 2.35. The number of β-amino-alcohol motifs (C(OH)–C–C–N with tert-alkyl or cyclic N) is 1. The number of hydrogen-bond acceptors (Lipinski definition) is 8. The summed E-state index contributed by atoms with van der Waals surface area (Å²) in [6, 6.07) is 7.27. The zero-order valence-electron chi connectivity index (χ0n) is 15.3. The Morgan fingerprint density at radius 2 is 2.15 bits per heavy atom. The van der Waals surface area contributed by atoms with Crippen LogP contribution in [0.25, 0.3) is 0 Å². The highest BCUT2D eigenvalue weighted by molar-refractivity contribution is 5.60. The van der Waals surface area contributed by atoms with Crippen LogP contribution in [-0.4, -0.2) is 66.5 Å². The van der Waals surface area contributed by atoms with Crippen molar-refractivity contribution >= 4 is 17.5 Å². The average Bonchev–Trinajstić information content (AvgIpc) is 2.99. The van der Waals surface area contributed by atoms with Gasteiger partial charge in [0.2, 0.25) is 5.95 Å². The first-order valence-electron chi connectivity index (χ1n) is 8.51. The van der Waals surface area contributed by atoms with Crippen molar-refractivity contribution in [1.29, 1.82) is 0 Å². The van der Waals surface area contributed by atoms with Crippen LogP contribution in [0.2, 0.25) is 0 Å². The molecule has 1 aliphatic heterocycles. The Morgan fingerprint density at radius 1 is 1.31 bits per heavy atom. The topological polar surface area (TPSA) is 91.8 Å². The number of likely N-dealkylation sites (N-methyl/N-ethyl adjacent to an activating group) is 1. The molecule has 0 bridgehead atoms. The largest absolute Gasteiger partial charge is 0.493 e. The molecule has 1 aliphatic rings. The van der Waals surface area contributed by atoms with E-state index in [1.54, 1.807) is 26.4 Å². The zero-order chi connectivity index (χ0) is 18.6. The average molecular weight is 359 g/mol. The van der Waals surface area contributed by atoms with Gasteiger partial charge in [0.05, 0.1) is 7.11 Å². The van der Waals surface area contributed by atoms with Crippen molar-refractivity contribution in [2.75, 3.05) is 51.5 Å². The molecule has 1 atom stereocenters. The predicted octanol–water partition coefficient (Wildman–Crippen LogP) is 1.72. The molecule has 1 aromatic heterocycles. The lowest BCUT2D eigenvalue weighted by Gasteiger charge is -2.23. The van der Waals surface area contributed by atoms with Gasteiger partial charge in [0.1, 0.15) is 18.0 Å². The summed E-state index contributed by atoms with van der Waals surface area (Å²) >= 11 is 0. The second-order valence-electron chi connectivity index (χ2n) is 6.51. The normalized spacial score (nSPS) is 20.0. The van der Waals surface area contributed by atoms with Crippen LogP contribution in [-0.2, 0) is 0 Å². The van der Waals surface area contributed by atoms with Crippen LogP contribution in [0.1, 0.15) is 6.42 Å². The second-order valence-corrected chi connectivity index (χ2v) is 6.51. The molecule has 0 aliphatic carbocycles. The summed E-state index contributed by atoms with van der Waals surface area (Å²) in [4.78, 5) is 10.6. The van der Waals surface area contributed by atoms with Gasteiger partial charge >= 0.3 is 0 Å². The monoisotopic (exact) mass is 359 g/mol. The Morgan fingerprint density at radius 3 is 2.85 bits per heavy atom. The molecule has 140 valence electrons. The first kappa shape index (κ1) is 18.2. The maximum absolute atomic E-state index is 10.6. The van der Waals surface area contributed by atoms with Crippen LogP contribution in [0.3, 0.4) is 0 Å². The molecule has 0 spiro atoms. The fraction of sp³-hybridized carbons (Fsp3) is 0.444. The molecule has 3 rings (SSSR count). The first-order chi connectivity index (χ1) is 12.5. The molecule has 0 radical (unpaired) electrons. The van der Waals surface area contributed by atoms with Gasteiger partial charge in [-0.2, -0.15) is 4.98 Å². The van der Waals surface area contributed by atoms with Gasteiger partial charge in [0.25, 0.3) is 0 Å². The van der Waals surface area contributed by atoms with Crippen LogP contribution in [0, 0.1) is 0 Å². The van der Waals surface area contributed by atoms with Gasteiger partial charge in [-0.15, -0.1) is 0 Å². The standard InChI is InChI=1S/C18H25N5O3/c1-19-16-6-8-20-17(22-16)21-13-4-5-14(25-3)15(10-13)26-12-18(24)7-9-23(2)11-18/h4-6,8,10,24H,7,9,11-12H2,1-3H3,(H2,19,20,21,22)/t18-/m0/s1. The molecule has 8 nitrogen and oxygen atoms in total. The lowest BCUT2D eigenvalue weighted by Crippen LogP contribution is -2.38. The smallest absolute Gasteiger partial charge is 0.229 e. The SMILES string of the molecule is CNc1ccnc(Nc2ccc(OC)c(OC[C@]3(O)CCN(C)C3)c2)n1. The van der Waals surface area contributed by atoms with E-state index in [1.165, 1.54) is 0 Å². The van der Waals surface area contributed by atoms with Crippen molar-refractivity contribution in [2.24, 2.45) is 0 Å². The van der Waals surface area contributed by atoms with E-state index in [2.05, 4.69) is 25.5 Å². The lowest BCUT2D eigenvalue weighted by atomic mass is 10.1. The number of ether oxygens (including phenoxy) is 2. The van der Waals surface area contributed by atoms with Crippen molar-refractivity contribution in [1.82, 2.24) is 14.9 Å². The molecule has 1 fully saturated rings. The second kappa shape index (κ2) is 7.76. The minimum absolute atomic E-state index is 0.211. The highest BCUT2D eigenvalue weighted by atomic mass is 16.5. The van der Waals surface area contributed by atoms with Crippen molar-refractivity contribution in [3.63, 3.8) is 0 Å². The van der Waals surface area contributed by atoms with Crippen molar-refractivity contribution < 1.29 is 14.6 Å². The van der Waals surface area contributed by atoms with E-state index in [-0.39, 0.29) is 6.61 Å². The summed E-state index contributed by atoms with van der Waals surface area (Å²) in [5, 5.41) is 16.7. The number of nitrogens with zero attached hydrogens (tertiary/aromatic N) is 3.